The van der Waals surface area contributed by atoms with E-state index in [1.54, 1.807) is 25.9 Å². The van der Waals surface area contributed by atoms with Gasteiger partial charge in [0, 0.05) is 47.3 Å². The number of nitrogens with zero attached hydrogens (tertiary/aromatic N) is 1. The predicted octanol–water partition coefficient (Wildman–Crippen LogP) is 4.64. The van der Waals surface area contributed by atoms with Gasteiger partial charge in [-0.3, -0.25) is 9.79 Å². The average molecular weight is 544 g/mol. The number of amides is 1. The molecule has 0 aliphatic carbocycles. The third kappa shape index (κ3) is 8.44. The summed E-state index contributed by atoms with van der Waals surface area (Å²) in [6, 6.07) is 21.9. The molecule has 0 unspecified atom stereocenters. The molecule has 0 atom stereocenters. The van der Waals surface area contributed by atoms with Crippen LogP contribution in [0.4, 0.5) is 5.69 Å². The van der Waals surface area contributed by atoms with Gasteiger partial charge in [0.1, 0.15) is 5.71 Å². The number of rotatable bonds is 13. The van der Waals surface area contributed by atoms with Crippen molar-refractivity contribution in [3.8, 4) is 11.8 Å². The molecule has 1 aliphatic heterocycles. The molecular formula is C31H33N3O4S. The van der Waals surface area contributed by atoms with Crippen LogP contribution >= 0.6 is 11.8 Å². The minimum Gasteiger partial charge on any atom is -0.383 e. The Morgan fingerprint density at radius 3 is 2.51 bits per heavy atom. The second-order valence-electron chi connectivity index (χ2n) is 8.63. The monoisotopic (exact) mass is 543 g/mol. The highest BCUT2D eigenvalue weighted by Crippen LogP contribution is 2.33. The van der Waals surface area contributed by atoms with Gasteiger partial charge in [0.2, 0.25) is 0 Å². The second-order valence-corrected chi connectivity index (χ2v) is 9.75. The number of methoxy groups -OCH3 is 1. The van der Waals surface area contributed by atoms with Crippen molar-refractivity contribution in [2.24, 2.45) is 4.99 Å². The number of benzene rings is 3. The zero-order chi connectivity index (χ0) is 27.3. The fourth-order valence-electron chi connectivity index (χ4n) is 3.89. The molecule has 1 amide bonds. The summed E-state index contributed by atoms with van der Waals surface area (Å²) in [5, 5.41) is 6.05. The minimum atomic E-state index is -0.0893. The molecule has 7 nitrogen and oxygen atoms in total. The summed E-state index contributed by atoms with van der Waals surface area (Å²) < 4.78 is 15.9. The topological polar surface area (TPSA) is 81.2 Å². The van der Waals surface area contributed by atoms with Crippen molar-refractivity contribution < 1.29 is 19.0 Å². The van der Waals surface area contributed by atoms with E-state index in [4.69, 9.17) is 14.2 Å². The number of hydrogen-bond acceptors (Lipinski definition) is 7. The van der Waals surface area contributed by atoms with E-state index >= 15 is 0 Å². The fraction of sp³-hybridized carbons (Fsp3) is 0.290. The summed E-state index contributed by atoms with van der Waals surface area (Å²) in [6.45, 7) is 4.25. The molecule has 202 valence electrons. The Morgan fingerprint density at radius 2 is 1.72 bits per heavy atom. The molecule has 1 aliphatic rings. The van der Waals surface area contributed by atoms with E-state index in [0.29, 0.717) is 51.7 Å². The van der Waals surface area contributed by atoms with E-state index in [1.807, 2.05) is 48.5 Å². The molecule has 4 rings (SSSR count). The third-order valence-corrected chi connectivity index (χ3v) is 6.98. The van der Waals surface area contributed by atoms with Crippen LogP contribution in [0, 0.1) is 11.8 Å². The maximum Gasteiger partial charge on any atom is 0.252 e. The summed E-state index contributed by atoms with van der Waals surface area (Å²) >= 11 is 1.58. The number of ether oxygens (including phenoxy) is 3. The van der Waals surface area contributed by atoms with Crippen LogP contribution in [0.3, 0.4) is 0 Å². The molecule has 0 spiro atoms. The van der Waals surface area contributed by atoms with Gasteiger partial charge in [-0.2, -0.15) is 0 Å². The van der Waals surface area contributed by atoms with Crippen LogP contribution in [0.1, 0.15) is 27.0 Å². The summed E-state index contributed by atoms with van der Waals surface area (Å²) in [7, 11) is 3.30. The quantitative estimate of drug-likeness (QED) is 0.242. The Labute approximate surface area is 234 Å². The van der Waals surface area contributed by atoms with Crippen LogP contribution in [0.2, 0.25) is 0 Å². The van der Waals surface area contributed by atoms with Crippen LogP contribution < -0.4 is 10.6 Å². The number of carbonyl (C=O) groups excluding carboxylic acids is 1. The summed E-state index contributed by atoms with van der Waals surface area (Å²) in [5.74, 6) is 6.38. The molecular weight excluding hydrogens is 510 g/mol. The standard InChI is InChI=1S/C31H33N3O4S/c1-32-31(35)28-5-3-4-6-30(28)39-26-12-13-27-24(21-26)22-34-29(27)14-9-23-7-10-25(11-8-23)33-15-16-37-19-20-38-18-17-36-2/h3-8,10-13,21,33H,15-20,22H2,1-2H3,(H,32,35). The van der Waals surface area contributed by atoms with E-state index in [-0.39, 0.29) is 5.91 Å². The first kappa shape index (κ1) is 28.4. The highest BCUT2D eigenvalue weighted by Gasteiger charge is 2.16. The average Bonchev–Trinajstić information content (AvgIpc) is 3.38. The normalized spacial score (nSPS) is 11.8. The Hall–Kier alpha value is -3.61. The van der Waals surface area contributed by atoms with E-state index in [0.717, 1.165) is 37.9 Å². The first-order valence-electron chi connectivity index (χ1n) is 12.8. The van der Waals surface area contributed by atoms with Crippen molar-refractivity contribution in [3.63, 3.8) is 0 Å². The van der Waals surface area contributed by atoms with Gasteiger partial charge in [-0.1, -0.05) is 35.9 Å². The Kier molecular flexibility index (Phi) is 11.0. The first-order valence-corrected chi connectivity index (χ1v) is 13.7. The Bertz CT molecular complexity index is 1350. The predicted molar refractivity (Wildman–Crippen MR) is 156 cm³/mol. The third-order valence-electron chi connectivity index (χ3n) is 5.92. The number of carbonyl (C=O) groups is 1. The van der Waals surface area contributed by atoms with Crippen LogP contribution in [0.15, 0.2) is 81.5 Å². The zero-order valence-corrected chi connectivity index (χ0v) is 23.1. The molecule has 0 saturated heterocycles. The second kappa shape index (κ2) is 15.1. The van der Waals surface area contributed by atoms with Crippen molar-refractivity contribution in [1.29, 1.82) is 0 Å². The van der Waals surface area contributed by atoms with Crippen molar-refractivity contribution in [1.82, 2.24) is 5.32 Å². The van der Waals surface area contributed by atoms with Gasteiger partial charge in [-0.15, -0.1) is 0 Å². The van der Waals surface area contributed by atoms with E-state index in [1.165, 1.54) is 0 Å². The highest BCUT2D eigenvalue weighted by molar-refractivity contribution is 7.99. The van der Waals surface area contributed by atoms with Crippen molar-refractivity contribution in [2.45, 2.75) is 16.3 Å². The molecule has 0 aromatic heterocycles. The van der Waals surface area contributed by atoms with Gasteiger partial charge in [0.25, 0.3) is 5.91 Å². The van der Waals surface area contributed by atoms with E-state index in [2.05, 4.69) is 45.7 Å². The Balaban J connectivity index is 1.27. The molecule has 1 heterocycles. The van der Waals surface area contributed by atoms with Crippen LogP contribution in [-0.2, 0) is 20.8 Å². The number of nitrogens with one attached hydrogen (secondary N) is 2. The van der Waals surface area contributed by atoms with Gasteiger partial charge in [0.05, 0.1) is 45.1 Å². The summed E-state index contributed by atoms with van der Waals surface area (Å²) in [6.07, 6.45) is 0. The lowest BCUT2D eigenvalue weighted by Gasteiger charge is -2.09. The molecule has 3 aromatic rings. The molecule has 3 aromatic carbocycles. The number of aliphatic imine (C=N–C) groups is 1. The molecule has 0 fully saturated rings. The number of anilines is 1. The van der Waals surface area contributed by atoms with Crippen LogP contribution in [0.25, 0.3) is 0 Å². The molecule has 2 N–H and O–H groups in total. The molecule has 0 saturated carbocycles. The highest BCUT2D eigenvalue weighted by atomic mass is 32.2. The molecule has 0 radical (unpaired) electrons. The number of hydrogen-bond donors (Lipinski definition) is 2. The smallest absolute Gasteiger partial charge is 0.252 e. The largest absolute Gasteiger partial charge is 0.383 e. The maximum atomic E-state index is 12.2. The van der Waals surface area contributed by atoms with E-state index < -0.39 is 0 Å². The van der Waals surface area contributed by atoms with Crippen LogP contribution in [-0.4, -0.2) is 65.4 Å². The van der Waals surface area contributed by atoms with Crippen molar-refractivity contribution >= 4 is 29.1 Å². The minimum absolute atomic E-state index is 0.0893. The maximum absolute atomic E-state index is 12.2. The lowest BCUT2D eigenvalue weighted by Crippen LogP contribution is -2.18. The van der Waals surface area contributed by atoms with Gasteiger partial charge < -0.3 is 24.8 Å². The van der Waals surface area contributed by atoms with Gasteiger partial charge in [0.15, 0.2) is 0 Å². The molecule has 0 bridgehead atoms. The lowest BCUT2D eigenvalue weighted by molar-refractivity contribution is 0.0272. The summed E-state index contributed by atoms with van der Waals surface area (Å²) in [4.78, 5) is 18.9. The zero-order valence-electron chi connectivity index (χ0n) is 22.3. The first-order chi connectivity index (χ1) is 19.2. The molecule has 39 heavy (non-hydrogen) atoms. The van der Waals surface area contributed by atoms with Gasteiger partial charge in [-0.05, 0) is 60.0 Å². The van der Waals surface area contributed by atoms with Crippen LogP contribution in [0.5, 0.6) is 0 Å². The SMILES string of the molecule is CNC(=O)c1ccccc1Sc1ccc2c(c1)CN=C2C#Cc1ccc(NCCOCCOCCOC)cc1. The van der Waals surface area contributed by atoms with Gasteiger partial charge >= 0.3 is 0 Å². The van der Waals surface area contributed by atoms with Crippen molar-refractivity contribution in [3.05, 3.63) is 89.0 Å². The van der Waals surface area contributed by atoms with E-state index in [9.17, 15) is 4.79 Å². The summed E-state index contributed by atoms with van der Waals surface area (Å²) in [5.41, 5.74) is 5.63. The van der Waals surface area contributed by atoms with Gasteiger partial charge in [-0.25, -0.2) is 0 Å². The molecule has 8 heteroatoms. The Morgan fingerprint density at radius 1 is 0.949 bits per heavy atom. The lowest BCUT2D eigenvalue weighted by atomic mass is 10.1. The number of fused-ring (bicyclic) bond motifs is 1. The van der Waals surface area contributed by atoms with Crippen molar-refractivity contribution in [2.75, 3.05) is 59.1 Å². The fourth-order valence-corrected chi connectivity index (χ4v) is 4.90.